The van der Waals surface area contributed by atoms with E-state index in [0.717, 1.165) is 28.4 Å². The van der Waals surface area contributed by atoms with Crippen LogP contribution in [-0.2, 0) is 5.41 Å². The maximum Gasteiger partial charge on any atom is 0.182 e. The fourth-order valence-corrected chi connectivity index (χ4v) is 5.85. The van der Waals surface area contributed by atoms with E-state index in [1.54, 1.807) is 0 Å². The molecule has 17 heavy (non-hydrogen) atoms. The highest BCUT2D eigenvalue weighted by molar-refractivity contribution is 7.19. The number of anilines is 2. The second kappa shape index (κ2) is 3.16. The van der Waals surface area contributed by atoms with Crippen LogP contribution in [0, 0.1) is 17.8 Å². The summed E-state index contributed by atoms with van der Waals surface area (Å²) >= 11 is 1.46. The van der Waals surface area contributed by atoms with Crippen molar-refractivity contribution in [2.45, 2.75) is 43.9 Å². The van der Waals surface area contributed by atoms with Crippen LogP contribution in [0.1, 0.15) is 44.2 Å². The molecule has 3 nitrogen and oxygen atoms in total. The Hall–Kier alpha value is -0.770. The molecule has 4 N–H and O–H groups in total. The molecule has 0 spiro atoms. The Balaban J connectivity index is 1.79. The van der Waals surface area contributed by atoms with Crippen LogP contribution in [0.4, 0.5) is 10.1 Å². The van der Waals surface area contributed by atoms with Gasteiger partial charge in [0.2, 0.25) is 0 Å². The fraction of sp³-hybridized carbons (Fsp3) is 0.769. The first-order chi connectivity index (χ1) is 8.14. The molecule has 1 aromatic heterocycles. The van der Waals surface area contributed by atoms with Crippen molar-refractivity contribution in [2.24, 2.45) is 17.8 Å². The molecule has 0 saturated heterocycles. The van der Waals surface area contributed by atoms with E-state index in [2.05, 4.69) is 4.98 Å². The molecule has 4 saturated carbocycles. The van der Waals surface area contributed by atoms with Crippen LogP contribution in [0.2, 0.25) is 0 Å². The largest absolute Gasteiger partial charge is 0.389 e. The molecule has 0 unspecified atom stereocenters. The molecule has 0 aliphatic heterocycles. The normalized spacial score (nSPS) is 43.2. The standard InChI is InChI=1S/C13H19N3S/c14-11-10(16-12(15)17-11)13-4-7-1-8(5-13)3-9(2-7)6-13/h7-9H,1-6,14H2,(H2,15,16). The quantitative estimate of drug-likeness (QED) is 0.804. The summed E-state index contributed by atoms with van der Waals surface area (Å²) in [5, 5.41) is 1.53. The van der Waals surface area contributed by atoms with Crippen LogP contribution in [0.25, 0.3) is 0 Å². The van der Waals surface area contributed by atoms with Crippen molar-refractivity contribution in [3.8, 4) is 0 Å². The fourth-order valence-electron chi connectivity index (χ4n) is 5.13. The van der Waals surface area contributed by atoms with Crippen molar-refractivity contribution >= 4 is 21.5 Å². The smallest absolute Gasteiger partial charge is 0.182 e. The van der Waals surface area contributed by atoms with Crippen LogP contribution in [0.15, 0.2) is 0 Å². The molecule has 92 valence electrons. The Morgan fingerprint density at radius 1 is 1.00 bits per heavy atom. The predicted molar refractivity (Wildman–Crippen MR) is 70.8 cm³/mol. The molecule has 1 aromatic rings. The zero-order valence-electron chi connectivity index (χ0n) is 9.98. The van der Waals surface area contributed by atoms with Gasteiger partial charge in [0.05, 0.1) is 5.69 Å². The predicted octanol–water partition coefficient (Wildman–Crippen LogP) is 2.78. The van der Waals surface area contributed by atoms with Crippen molar-refractivity contribution in [3.63, 3.8) is 0 Å². The zero-order valence-corrected chi connectivity index (χ0v) is 10.8. The number of hydrogen-bond donors (Lipinski definition) is 2. The molecule has 0 amide bonds. The molecule has 0 radical (unpaired) electrons. The second-order valence-corrected chi connectivity index (χ2v) is 7.53. The average molecular weight is 249 g/mol. The first-order valence-electron chi connectivity index (χ1n) is 6.67. The number of thiazole rings is 1. The minimum atomic E-state index is 0.299. The number of nitrogens with zero attached hydrogens (tertiary/aromatic N) is 1. The average Bonchev–Trinajstić information content (AvgIpc) is 2.56. The lowest BCUT2D eigenvalue weighted by molar-refractivity contribution is -0.00653. The molecular weight excluding hydrogens is 230 g/mol. The van der Waals surface area contributed by atoms with Gasteiger partial charge in [-0.2, -0.15) is 0 Å². The highest BCUT2D eigenvalue weighted by Gasteiger charge is 2.53. The van der Waals surface area contributed by atoms with E-state index in [4.69, 9.17) is 11.5 Å². The van der Waals surface area contributed by atoms with Crippen molar-refractivity contribution in [3.05, 3.63) is 5.69 Å². The summed E-state index contributed by atoms with van der Waals surface area (Å²) in [6, 6.07) is 0. The first-order valence-corrected chi connectivity index (χ1v) is 7.48. The molecule has 5 rings (SSSR count). The van der Waals surface area contributed by atoms with Crippen LogP contribution < -0.4 is 11.5 Å². The van der Waals surface area contributed by atoms with Gasteiger partial charge in [0.15, 0.2) is 5.13 Å². The monoisotopic (exact) mass is 249 g/mol. The molecule has 4 aliphatic rings. The number of nitrogen functional groups attached to an aromatic ring is 2. The number of rotatable bonds is 1. The molecule has 0 aromatic carbocycles. The van der Waals surface area contributed by atoms with E-state index in [1.165, 1.54) is 49.9 Å². The van der Waals surface area contributed by atoms with Gasteiger partial charge in [-0.15, -0.1) is 0 Å². The van der Waals surface area contributed by atoms with Gasteiger partial charge in [-0.05, 0) is 56.3 Å². The highest BCUT2D eigenvalue weighted by atomic mass is 32.1. The summed E-state index contributed by atoms with van der Waals surface area (Å²) in [6.07, 6.45) is 8.31. The Kier molecular flexibility index (Phi) is 1.89. The maximum atomic E-state index is 6.14. The van der Waals surface area contributed by atoms with Crippen molar-refractivity contribution < 1.29 is 0 Å². The summed E-state index contributed by atoms with van der Waals surface area (Å²) in [5.41, 5.74) is 13.4. The van der Waals surface area contributed by atoms with Crippen LogP contribution >= 0.6 is 11.3 Å². The van der Waals surface area contributed by atoms with E-state index in [0.29, 0.717) is 10.5 Å². The van der Waals surface area contributed by atoms with Crippen LogP contribution in [-0.4, -0.2) is 4.98 Å². The van der Waals surface area contributed by atoms with E-state index in [-0.39, 0.29) is 0 Å². The summed E-state index contributed by atoms with van der Waals surface area (Å²) in [5.74, 6) is 2.80. The topological polar surface area (TPSA) is 64.9 Å². The van der Waals surface area contributed by atoms with E-state index in [9.17, 15) is 0 Å². The third kappa shape index (κ3) is 1.36. The molecule has 4 fully saturated rings. The molecule has 0 atom stereocenters. The molecule has 4 aliphatic carbocycles. The lowest BCUT2D eigenvalue weighted by Gasteiger charge is -2.56. The van der Waals surface area contributed by atoms with Gasteiger partial charge in [-0.1, -0.05) is 11.3 Å². The van der Waals surface area contributed by atoms with Gasteiger partial charge in [-0.25, -0.2) is 4.98 Å². The van der Waals surface area contributed by atoms with Crippen molar-refractivity contribution in [2.75, 3.05) is 11.5 Å². The Labute approximate surface area is 106 Å². The lowest BCUT2D eigenvalue weighted by Crippen LogP contribution is -2.49. The van der Waals surface area contributed by atoms with E-state index >= 15 is 0 Å². The van der Waals surface area contributed by atoms with Crippen LogP contribution in [0.3, 0.4) is 0 Å². The van der Waals surface area contributed by atoms with Crippen LogP contribution in [0.5, 0.6) is 0 Å². The minimum Gasteiger partial charge on any atom is -0.389 e. The Morgan fingerprint density at radius 2 is 1.53 bits per heavy atom. The molecular formula is C13H19N3S. The third-order valence-electron chi connectivity index (χ3n) is 5.21. The first kappa shape index (κ1) is 10.2. The summed E-state index contributed by atoms with van der Waals surface area (Å²) in [7, 11) is 0. The van der Waals surface area contributed by atoms with Gasteiger partial charge in [0.1, 0.15) is 5.00 Å². The van der Waals surface area contributed by atoms with Crippen molar-refractivity contribution in [1.82, 2.24) is 4.98 Å². The Morgan fingerprint density at radius 3 is 1.94 bits per heavy atom. The lowest BCUT2D eigenvalue weighted by atomic mass is 9.49. The molecule has 4 heteroatoms. The van der Waals surface area contributed by atoms with Gasteiger partial charge in [-0.3, -0.25) is 0 Å². The molecule has 4 bridgehead atoms. The van der Waals surface area contributed by atoms with Crippen molar-refractivity contribution in [1.29, 1.82) is 0 Å². The van der Waals surface area contributed by atoms with Gasteiger partial charge in [0, 0.05) is 5.41 Å². The summed E-state index contributed by atoms with van der Waals surface area (Å²) in [4.78, 5) is 4.57. The SMILES string of the molecule is Nc1nc(C23CC4CC(CC(C4)C2)C3)c(N)s1. The Bertz CT molecular complexity index is 430. The zero-order chi connectivity index (χ0) is 11.6. The number of nitrogens with two attached hydrogens (primary N) is 2. The maximum absolute atomic E-state index is 6.14. The van der Waals surface area contributed by atoms with Gasteiger partial charge in [0.25, 0.3) is 0 Å². The summed E-state index contributed by atoms with van der Waals surface area (Å²) in [6.45, 7) is 0. The number of aromatic nitrogens is 1. The minimum absolute atomic E-state index is 0.299. The molecule has 1 heterocycles. The van der Waals surface area contributed by atoms with E-state index in [1.807, 2.05) is 0 Å². The summed E-state index contributed by atoms with van der Waals surface area (Å²) < 4.78 is 0. The van der Waals surface area contributed by atoms with E-state index < -0.39 is 0 Å². The van der Waals surface area contributed by atoms with Gasteiger partial charge >= 0.3 is 0 Å². The third-order valence-corrected chi connectivity index (χ3v) is 5.92. The number of hydrogen-bond acceptors (Lipinski definition) is 4. The highest BCUT2D eigenvalue weighted by Crippen LogP contribution is 2.61. The second-order valence-electron chi connectivity index (χ2n) is 6.46. The van der Waals surface area contributed by atoms with Gasteiger partial charge < -0.3 is 11.5 Å².